The molecule has 11 heteroatoms. The summed E-state index contributed by atoms with van der Waals surface area (Å²) in [6.45, 7) is 0. The van der Waals surface area contributed by atoms with E-state index in [-0.39, 0.29) is 29.5 Å². The highest BCUT2D eigenvalue weighted by atomic mass is 16.3. The van der Waals surface area contributed by atoms with Gasteiger partial charge in [-0.2, -0.15) is 0 Å². The number of Topliss-reactive ketones (excluding diaryl/α,β-unsaturated/α-hetero) is 2. The van der Waals surface area contributed by atoms with E-state index in [0.717, 1.165) is 19.3 Å². The number of nitrogens with zero attached hydrogens (tertiary/aromatic N) is 2. The summed E-state index contributed by atoms with van der Waals surface area (Å²) < 4.78 is 0. The molecule has 1 saturated carbocycles. The summed E-state index contributed by atoms with van der Waals surface area (Å²) in [6, 6.07) is 0.606. The SMILES string of the molecule is CN(C)c1cc(C#CC2(O)CCCCC2)c(O)c2c1CC1CC3C(N(C)C)C(O)=C(C(N)=O)C(=O)C3(O)C(O)=C1C2=O. The highest BCUT2D eigenvalue weighted by Crippen LogP contribution is 2.53. The van der Waals surface area contributed by atoms with E-state index < -0.39 is 69.4 Å². The maximum absolute atomic E-state index is 14.1. The Balaban J connectivity index is 1.69. The summed E-state index contributed by atoms with van der Waals surface area (Å²) in [5, 5.41) is 56.5. The fourth-order valence-corrected chi connectivity index (χ4v) is 7.24. The quantitative estimate of drug-likeness (QED) is 0.225. The molecule has 4 unspecified atom stereocenters. The molecule has 224 valence electrons. The number of aliphatic hydroxyl groups is 4. The first kappa shape index (κ1) is 29.6. The Bertz CT molecular complexity index is 1520. The average Bonchev–Trinajstić information content (AvgIpc) is 2.90. The monoisotopic (exact) mass is 579 g/mol. The van der Waals surface area contributed by atoms with E-state index in [1.165, 1.54) is 4.90 Å². The molecule has 1 fully saturated rings. The van der Waals surface area contributed by atoms with E-state index in [0.29, 0.717) is 24.1 Å². The second kappa shape index (κ2) is 10.2. The molecule has 0 bridgehead atoms. The highest BCUT2D eigenvalue weighted by molar-refractivity contribution is 6.25. The van der Waals surface area contributed by atoms with Crippen molar-refractivity contribution in [3.05, 3.63) is 45.4 Å². The third-order valence-corrected chi connectivity index (χ3v) is 9.29. The van der Waals surface area contributed by atoms with Crippen LogP contribution < -0.4 is 10.6 Å². The number of nitrogens with two attached hydrogens (primary N) is 1. The third-order valence-electron chi connectivity index (χ3n) is 9.29. The molecule has 11 nitrogen and oxygen atoms in total. The van der Waals surface area contributed by atoms with Crippen LogP contribution in [-0.2, 0) is 16.0 Å². The number of hydrogen-bond donors (Lipinski definition) is 6. The number of aliphatic hydroxyl groups excluding tert-OH is 2. The van der Waals surface area contributed by atoms with Crippen LogP contribution in [0.15, 0.2) is 28.7 Å². The number of rotatable bonds is 3. The largest absolute Gasteiger partial charge is 0.510 e. The van der Waals surface area contributed by atoms with Crippen LogP contribution in [0.2, 0.25) is 0 Å². The molecule has 4 atom stereocenters. The van der Waals surface area contributed by atoms with E-state index in [2.05, 4.69) is 11.8 Å². The number of hydrogen-bond acceptors (Lipinski definition) is 10. The molecule has 1 aromatic carbocycles. The van der Waals surface area contributed by atoms with Crippen molar-refractivity contribution >= 4 is 23.2 Å². The Hall–Kier alpha value is -3.85. The maximum atomic E-state index is 14.1. The number of benzene rings is 1. The smallest absolute Gasteiger partial charge is 0.255 e. The first-order valence-corrected chi connectivity index (χ1v) is 14.1. The minimum Gasteiger partial charge on any atom is -0.510 e. The molecule has 0 spiro atoms. The molecular weight excluding hydrogens is 542 g/mol. The van der Waals surface area contributed by atoms with Crippen molar-refractivity contribution in [2.75, 3.05) is 33.1 Å². The van der Waals surface area contributed by atoms with Crippen molar-refractivity contribution in [3.8, 4) is 17.6 Å². The zero-order valence-electron chi connectivity index (χ0n) is 24.2. The number of amides is 1. The summed E-state index contributed by atoms with van der Waals surface area (Å²) in [7, 11) is 6.73. The van der Waals surface area contributed by atoms with Gasteiger partial charge < -0.3 is 36.2 Å². The number of allylic oxidation sites excluding steroid dienone is 1. The van der Waals surface area contributed by atoms with Crippen LogP contribution >= 0.6 is 0 Å². The number of phenolic OH excluding ortho intramolecular Hbond substituents is 1. The lowest BCUT2D eigenvalue weighted by Gasteiger charge is -2.50. The van der Waals surface area contributed by atoms with Crippen molar-refractivity contribution in [2.45, 2.75) is 62.2 Å². The second-order valence-electron chi connectivity index (χ2n) is 12.3. The molecule has 4 aliphatic carbocycles. The van der Waals surface area contributed by atoms with E-state index in [9.17, 15) is 39.9 Å². The molecule has 42 heavy (non-hydrogen) atoms. The normalized spacial score (nSPS) is 28.5. The second-order valence-corrected chi connectivity index (χ2v) is 12.3. The maximum Gasteiger partial charge on any atom is 0.255 e. The molecule has 0 aromatic heterocycles. The molecule has 0 aliphatic heterocycles. The van der Waals surface area contributed by atoms with Crippen LogP contribution in [0.4, 0.5) is 5.69 Å². The fourth-order valence-electron chi connectivity index (χ4n) is 7.24. The van der Waals surface area contributed by atoms with Crippen LogP contribution in [0, 0.1) is 23.7 Å². The topological polar surface area (TPSA) is 185 Å². The number of anilines is 1. The van der Waals surface area contributed by atoms with Gasteiger partial charge in [-0.3, -0.25) is 19.3 Å². The first-order chi connectivity index (χ1) is 19.6. The lowest BCUT2D eigenvalue weighted by molar-refractivity contribution is -0.148. The summed E-state index contributed by atoms with van der Waals surface area (Å²) >= 11 is 0. The minimum atomic E-state index is -2.70. The van der Waals surface area contributed by atoms with Gasteiger partial charge in [-0.15, -0.1) is 0 Å². The van der Waals surface area contributed by atoms with E-state index in [4.69, 9.17) is 5.73 Å². The van der Waals surface area contributed by atoms with Gasteiger partial charge in [0, 0.05) is 31.3 Å². The summed E-state index contributed by atoms with van der Waals surface area (Å²) in [4.78, 5) is 43.1. The van der Waals surface area contributed by atoms with E-state index in [1.54, 1.807) is 39.2 Å². The number of phenols is 1. The minimum absolute atomic E-state index is 0.00792. The molecule has 0 radical (unpaired) electrons. The van der Waals surface area contributed by atoms with Crippen molar-refractivity contribution in [3.63, 3.8) is 0 Å². The van der Waals surface area contributed by atoms with Gasteiger partial charge in [0.2, 0.25) is 5.78 Å². The number of primary amides is 1. The van der Waals surface area contributed by atoms with Crippen LogP contribution in [0.3, 0.4) is 0 Å². The molecule has 1 aromatic rings. The number of likely N-dealkylation sites (N-methyl/N-ethyl adjacent to an activating group) is 1. The van der Waals surface area contributed by atoms with E-state index in [1.807, 2.05) is 0 Å². The Morgan fingerprint density at radius 2 is 1.69 bits per heavy atom. The predicted octanol–water partition coefficient (Wildman–Crippen LogP) is 1.23. The first-order valence-electron chi connectivity index (χ1n) is 14.1. The molecule has 1 amide bonds. The van der Waals surface area contributed by atoms with E-state index >= 15 is 0 Å². The molecule has 0 heterocycles. The van der Waals surface area contributed by atoms with Gasteiger partial charge in [0.15, 0.2) is 11.4 Å². The van der Waals surface area contributed by atoms with Gasteiger partial charge in [0.1, 0.15) is 28.4 Å². The molecule has 4 aliphatic rings. The van der Waals surface area contributed by atoms with Crippen LogP contribution in [0.25, 0.3) is 0 Å². The van der Waals surface area contributed by atoms with Crippen molar-refractivity contribution in [2.24, 2.45) is 17.6 Å². The number of fused-ring (bicyclic) bond motifs is 3. The van der Waals surface area contributed by atoms with Gasteiger partial charge >= 0.3 is 0 Å². The zero-order valence-corrected chi connectivity index (χ0v) is 24.2. The van der Waals surface area contributed by atoms with Gasteiger partial charge in [-0.25, -0.2) is 0 Å². The van der Waals surface area contributed by atoms with Crippen LogP contribution in [0.5, 0.6) is 5.75 Å². The highest BCUT2D eigenvalue weighted by Gasteiger charge is 2.63. The van der Waals surface area contributed by atoms with Gasteiger partial charge in [0.25, 0.3) is 5.91 Å². The molecule has 0 saturated heterocycles. The lowest BCUT2D eigenvalue weighted by atomic mass is 9.58. The number of carbonyl (C=O) groups excluding carboxylic acids is 3. The lowest BCUT2D eigenvalue weighted by Crippen LogP contribution is -2.63. The fraction of sp³-hybridized carbons (Fsp3) is 0.516. The number of ketones is 2. The molecule has 7 N–H and O–H groups in total. The Morgan fingerprint density at radius 3 is 2.26 bits per heavy atom. The van der Waals surface area contributed by atoms with Crippen molar-refractivity contribution in [1.82, 2.24) is 4.90 Å². The third kappa shape index (κ3) is 4.28. The number of aromatic hydroxyl groups is 1. The Kier molecular flexibility index (Phi) is 7.16. The van der Waals surface area contributed by atoms with Gasteiger partial charge in [-0.05, 0) is 70.2 Å². The summed E-state index contributed by atoms with van der Waals surface area (Å²) in [6.07, 6.45) is 3.87. The van der Waals surface area contributed by atoms with Gasteiger partial charge in [-0.1, -0.05) is 18.3 Å². The Morgan fingerprint density at radius 1 is 1.05 bits per heavy atom. The van der Waals surface area contributed by atoms with Gasteiger partial charge in [0.05, 0.1) is 17.2 Å². The molecule has 5 rings (SSSR count). The number of carbonyl (C=O) groups is 3. The van der Waals surface area contributed by atoms with Crippen LogP contribution in [-0.4, -0.2) is 93.3 Å². The molecular formula is C31H37N3O8. The van der Waals surface area contributed by atoms with Crippen molar-refractivity contribution < 1.29 is 39.9 Å². The Labute approximate surface area is 243 Å². The standard InChI is InChI=1S/C31H37N3O8/c1-33(2)19-14-15(8-11-30(41)9-6-5-7-10-30)24(35)21-17(19)12-16-13-18-23(34(3)4)26(37)22(29(32)40)28(39)31(18,42)27(38)20(16)25(21)36/h14,16,18,23,35,37-38,41-42H,5-7,9-10,12-13H2,1-4H3,(H2,32,40). The zero-order chi connectivity index (χ0) is 30.9. The van der Waals surface area contributed by atoms with Crippen molar-refractivity contribution in [1.29, 1.82) is 0 Å². The summed E-state index contributed by atoms with van der Waals surface area (Å²) in [5.41, 5.74) is 1.55. The summed E-state index contributed by atoms with van der Waals surface area (Å²) in [5.74, 6) is -1.29. The average molecular weight is 580 g/mol. The van der Waals surface area contributed by atoms with Crippen LogP contribution in [0.1, 0.15) is 60.0 Å². The predicted molar refractivity (Wildman–Crippen MR) is 153 cm³/mol.